The molecule has 1 atom stereocenters. The molecule has 1 aromatic rings. The van der Waals surface area contributed by atoms with Crippen LogP contribution in [0.5, 0.6) is 5.75 Å². The van der Waals surface area contributed by atoms with Gasteiger partial charge >= 0.3 is 0 Å². The predicted octanol–water partition coefficient (Wildman–Crippen LogP) is 3.15. The SMILES string of the molecule is CSc1ccc(OC(C)CC(C)=O)cc1. The average Bonchev–Trinajstić information content (AvgIpc) is 2.17. The van der Waals surface area contributed by atoms with Crippen LogP contribution in [0.15, 0.2) is 29.2 Å². The molecule has 0 fully saturated rings. The summed E-state index contributed by atoms with van der Waals surface area (Å²) in [5.41, 5.74) is 0. The van der Waals surface area contributed by atoms with E-state index in [4.69, 9.17) is 4.74 Å². The van der Waals surface area contributed by atoms with Crippen LogP contribution in [0.25, 0.3) is 0 Å². The van der Waals surface area contributed by atoms with Crippen molar-refractivity contribution >= 4 is 17.5 Å². The molecule has 0 saturated carbocycles. The van der Waals surface area contributed by atoms with Crippen molar-refractivity contribution in [1.29, 1.82) is 0 Å². The summed E-state index contributed by atoms with van der Waals surface area (Å²) in [5, 5.41) is 0. The third kappa shape index (κ3) is 4.38. The van der Waals surface area contributed by atoms with E-state index in [0.29, 0.717) is 6.42 Å². The molecule has 1 unspecified atom stereocenters. The number of rotatable bonds is 5. The summed E-state index contributed by atoms with van der Waals surface area (Å²) in [6.45, 7) is 3.49. The molecule has 0 aromatic heterocycles. The number of hydrogen-bond donors (Lipinski definition) is 0. The first-order valence-corrected chi connectivity index (χ1v) is 6.14. The number of carbonyl (C=O) groups excluding carboxylic acids is 1. The second kappa shape index (κ2) is 5.81. The maximum absolute atomic E-state index is 10.9. The van der Waals surface area contributed by atoms with Gasteiger partial charge in [-0.05, 0) is 44.4 Å². The minimum atomic E-state index is -0.0531. The molecule has 0 saturated heterocycles. The van der Waals surface area contributed by atoms with Gasteiger partial charge in [0, 0.05) is 11.3 Å². The summed E-state index contributed by atoms with van der Waals surface area (Å²) in [4.78, 5) is 12.1. The van der Waals surface area contributed by atoms with Crippen LogP contribution in [-0.4, -0.2) is 18.1 Å². The van der Waals surface area contributed by atoms with Gasteiger partial charge in [-0.2, -0.15) is 0 Å². The van der Waals surface area contributed by atoms with Crippen molar-refractivity contribution in [3.05, 3.63) is 24.3 Å². The van der Waals surface area contributed by atoms with Gasteiger partial charge in [-0.1, -0.05) is 0 Å². The van der Waals surface area contributed by atoms with E-state index in [1.165, 1.54) is 4.90 Å². The number of ether oxygens (including phenoxy) is 1. The van der Waals surface area contributed by atoms with Crippen molar-refractivity contribution in [2.24, 2.45) is 0 Å². The molecule has 3 heteroatoms. The van der Waals surface area contributed by atoms with Crippen LogP contribution in [-0.2, 0) is 4.79 Å². The fourth-order valence-electron chi connectivity index (χ4n) is 1.33. The fourth-order valence-corrected chi connectivity index (χ4v) is 1.74. The normalized spacial score (nSPS) is 12.2. The van der Waals surface area contributed by atoms with Crippen LogP contribution in [0, 0.1) is 0 Å². The summed E-state index contributed by atoms with van der Waals surface area (Å²) in [6.07, 6.45) is 2.45. The second-order valence-electron chi connectivity index (χ2n) is 3.51. The Morgan fingerprint density at radius 1 is 1.40 bits per heavy atom. The highest BCUT2D eigenvalue weighted by Gasteiger charge is 2.06. The Balaban J connectivity index is 2.53. The van der Waals surface area contributed by atoms with Gasteiger partial charge in [-0.15, -0.1) is 11.8 Å². The van der Waals surface area contributed by atoms with Gasteiger partial charge in [0.2, 0.25) is 0 Å². The van der Waals surface area contributed by atoms with Gasteiger partial charge in [-0.25, -0.2) is 0 Å². The van der Waals surface area contributed by atoms with Crippen molar-refractivity contribution in [2.45, 2.75) is 31.3 Å². The van der Waals surface area contributed by atoms with Crippen molar-refractivity contribution in [3.8, 4) is 5.75 Å². The smallest absolute Gasteiger partial charge is 0.133 e. The minimum Gasteiger partial charge on any atom is -0.490 e. The average molecular weight is 224 g/mol. The standard InChI is InChI=1S/C12H16O2S/c1-9(13)8-10(2)14-11-4-6-12(15-3)7-5-11/h4-7,10H,8H2,1-3H3. The molecular formula is C12H16O2S. The first kappa shape index (κ1) is 12.1. The first-order chi connectivity index (χ1) is 7.11. The number of ketones is 1. The highest BCUT2D eigenvalue weighted by atomic mass is 32.2. The van der Waals surface area contributed by atoms with E-state index in [0.717, 1.165) is 5.75 Å². The largest absolute Gasteiger partial charge is 0.490 e. The highest BCUT2D eigenvalue weighted by molar-refractivity contribution is 7.98. The fraction of sp³-hybridized carbons (Fsp3) is 0.417. The van der Waals surface area contributed by atoms with E-state index in [2.05, 4.69) is 0 Å². The predicted molar refractivity (Wildman–Crippen MR) is 63.6 cm³/mol. The summed E-state index contributed by atoms with van der Waals surface area (Å²) in [5.74, 6) is 0.977. The van der Waals surface area contributed by atoms with E-state index in [-0.39, 0.29) is 11.9 Å². The van der Waals surface area contributed by atoms with Gasteiger partial charge < -0.3 is 4.74 Å². The van der Waals surface area contributed by atoms with E-state index in [1.54, 1.807) is 18.7 Å². The Hall–Kier alpha value is -0.960. The lowest BCUT2D eigenvalue weighted by molar-refractivity contribution is -0.118. The van der Waals surface area contributed by atoms with Crippen LogP contribution in [0.4, 0.5) is 0 Å². The van der Waals surface area contributed by atoms with Crippen LogP contribution in [0.2, 0.25) is 0 Å². The zero-order valence-corrected chi connectivity index (χ0v) is 10.1. The molecule has 0 bridgehead atoms. The summed E-state index contributed by atoms with van der Waals surface area (Å²) >= 11 is 1.70. The molecule has 0 amide bonds. The topological polar surface area (TPSA) is 26.3 Å². The van der Waals surface area contributed by atoms with Crippen LogP contribution < -0.4 is 4.74 Å². The number of Topliss-reactive ketones (excluding diaryl/α,β-unsaturated/α-hetero) is 1. The van der Waals surface area contributed by atoms with Crippen molar-refractivity contribution < 1.29 is 9.53 Å². The Bertz CT molecular complexity index is 319. The Kier molecular flexibility index (Phi) is 4.69. The lowest BCUT2D eigenvalue weighted by atomic mass is 10.2. The molecule has 2 nitrogen and oxygen atoms in total. The zero-order chi connectivity index (χ0) is 11.3. The molecule has 0 aliphatic rings. The summed E-state index contributed by atoms with van der Waals surface area (Å²) in [6, 6.07) is 7.89. The van der Waals surface area contributed by atoms with E-state index >= 15 is 0 Å². The van der Waals surface area contributed by atoms with Gasteiger partial charge in [0.25, 0.3) is 0 Å². The number of benzene rings is 1. The van der Waals surface area contributed by atoms with Crippen molar-refractivity contribution in [3.63, 3.8) is 0 Å². The number of thioether (sulfide) groups is 1. The quantitative estimate of drug-likeness (QED) is 0.719. The minimum absolute atomic E-state index is 0.0531. The molecule has 15 heavy (non-hydrogen) atoms. The van der Waals surface area contributed by atoms with Crippen LogP contribution >= 0.6 is 11.8 Å². The van der Waals surface area contributed by atoms with Gasteiger partial charge in [0.15, 0.2) is 0 Å². The molecule has 1 aromatic carbocycles. The zero-order valence-electron chi connectivity index (χ0n) is 9.32. The van der Waals surface area contributed by atoms with Gasteiger partial charge in [0.05, 0.1) is 0 Å². The highest BCUT2D eigenvalue weighted by Crippen LogP contribution is 2.20. The molecule has 0 aliphatic heterocycles. The number of carbonyl (C=O) groups is 1. The Labute approximate surface area is 95.0 Å². The van der Waals surface area contributed by atoms with Crippen LogP contribution in [0.3, 0.4) is 0 Å². The lowest BCUT2D eigenvalue weighted by Crippen LogP contribution is -2.15. The molecule has 0 aliphatic carbocycles. The van der Waals surface area contributed by atoms with Crippen molar-refractivity contribution in [2.75, 3.05) is 6.26 Å². The third-order valence-electron chi connectivity index (χ3n) is 1.97. The number of hydrogen-bond acceptors (Lipinski definition) is 3. The van der Waals surface area contributed by atoms with Crippen molar-refractivity contribution in [1.82, 2.24) is 0 Å². The molecule has 82 valence electrons. The lowest BCUT2D eigenvalue weighted by Gasteiger charge is -2.13. The monoisotopic (exact) mass is 224 g/mol. The van der Waals surface area contributed by atoms with E-state index in [1.807, 2.05) is 37.4 Å². The third-order valence-corrected chi connectivity index (χ3v) is 2.72. The molecule has 1 rings (SSSR count). The Morgan fingerprint density at radius 3 is 2.47 bits per heavy atom. The van der Waals surface area contributed by atoms with E-state index in [9.17, 15) is 4.79 Å². The summed E-state index contributed by atoms with van der Waals surface area (Å²) < 4.78 is 5.59. The Morgan fingerprint density at radius 2 is 2.00 bits per heavy atom. The maximum Gasteiger partial charge on any atom is 0.133 e. The van der Waals surface area contributed by atoms with Gasteiger partial charge in [0.1, 0.15) is 17.6 Å². The first-order valence-electron chi connectivity index (χ1n) is 4.92. The molecule has 0 N–H and O–H groups in total. The summed E-state index contributed by atoms with van der Waals surface area (Å²) in [7, 11) is 0. The second-order valence-corrected chi connectivity index (χ2v) is 4.39. The molecule has 0 spiro atoms. The van der Waals surface area contributed by atoms with E-state index < -0.39 is 0 Å². The molecule has 0 heterocycles. The maximum atomic E-state index is 10.9. The molecule has 0 radical (unpaired) electrons. The molecular weight excluding hydrogens is 208 g/mol. The van der Waals surface area contributed by atoms with Crippen LogP contribution in [0.1, 0.15) is 20.3 Å². The van der Waals surface area contributed by atoms with Gasteiger partial charge in [-0.3, -0.25) is 4.79 Å².